The first-order valence-corrected chi connectivity index (χ1v) is 7.07. The summed E-state index contributed by atoms with van der Waals surface area (Å²) in [5.74, 6) is 0. The highest BCUT2D eigenvalue weighted by Crippen LogP contribution is 2.15. The van der Waals surface area contributed by atoms with E-state index in [0.29, 0.717) is 0 Å². The zero-order chi connectivity index (χ0) is 14.2. The average molecular weight is 271 g/mol. The lowest BCUT2D eigenvalue weighted by molar-refractivity contribution is 0.745. The molecule has 0 saturated heterocycles. The second kappa shape index (κ2) is 7.43. The minimum atomic E-state index is 1.07. The van der Waals surface area contributed by atoms with Crippen molar-refractivity contribution in [2.24, 2.45) is 5.10 Å². The Kier molecular flexibility index (Phi) is 5.29. The maximum absolute atomic E-state index is 4.24. The van der Waals surface area contributed by atoms with Gasteiger partial charge in [-0.05, 0) is 30.5 Å². The maximum atomic E-state index is 4.24. The van der Waals surface area contributed by atoms with Gasteiger partial charge in [0.05, 0.1) is 6.21 Å². The summed E-state index contributed by atoms with van der Waals surface area (Å²) in [6.45, 7) is 6.62. The predicted octanol–water partition coefficient (Wildman–Crippen LogP) is 2.79. The van der Waals surface area contributed by atoms with Crippen LogP contribution in [0.1, 0.15) is 32.3 Å². The normalized spacial score (nSPS) is 11.1. The molecular weight excluding hydrogens is 250 g/mol. The monoisotopic (exact) mass is 271 g/mol. The molecule has 0 aliphatic heterocycles. The molecule has 2 rings (SSSR count). The smallest absolute Gasteiger partial charge is 0.141 e. The van der Waals surface area contributed by atoms with Crippen LogP contribution in [0.5, 0.6) is 0 Å². The molecule has 0 saturated carbocycles. The second-order valence-electron chi connectivity index (χ2n) is 4.67. The third-order valence-electron chi connectivity index (χ3n) is 2.99. The van der Waals surface area contributed by atoms with Crippen LogP contribution in [-0.4, -0.2) is 34.2 Å². The molecule has 20 heavy (non-hydrogen) atoms. The van der Waals surface area contributed by atoms with Crippen molar-refractivity contribution in [3.8, 4) is 0 Å². The molecule has 0 amide bonds. The van der Waals surface area contributed by atoms with E-state index in [1.54, 1.807) is 23.5 Å². The second-order valence-corrected chi connectivity index (χ2v) is 4.67. The minimum Gasteiger partial charge on any atom is -0.372 e. The molecule has 5 heteroatoms. The predicted molar refractivity (Wildman–Crippen MR) is 82.3 cm³/mol. The number of benzene rings is 1. The van der Waals surface area contributed by atoms with E-state index in [9.17, 15) is 0 Å². The summed E-state index contributed by atoms with van der Waals surface area (Å²) in [6, 6.07) is 8.47. The van der Waals surface area contributed by atoms with Gasteiger partial charge in [0.2, 0.25) is 0 Å². The summed E-state index contributed by atoms with van der Waals surface area (Å²) in [7, 11) is 0. The molecule has 0 unspecified atom stereocenters. The van der Waals surface area contributed by atoms with Crippen molar-refractivity contribution in [2.45, 2.75) is 26.7 Å². The van der Waals surface area contributed by atoms with Crippen molar-refractivity contribution < 1.29 is 0 Å². The average Bonchev–Trinajstić information content (AvgIpc) is 2.99. The van der Waals surface area contributed by atoms with Gasteiger partial charge in [-0.3, -0.25) is 0 Å². The zero-order valence-electron chi connectivity index (χ0n) is 12.1. The van der Waals surface area contributed by atoms with Crippen molar-refractivity contribution in [3.63, 3.8) is 0 Å². The Morgan fingerprint density at radius 2 is 1.65 bits per heavy atom. The summed E-state index contributed by atoms with van der Waals surface area (Å²) in [5.41, 5.74) is 2.34. The minimum absolute atomic E-state index is 1.07. The summed E-state index contributed by atoms with van der Waals surface area (Å²) < 4.78 is 1.58. The molecule has 0 atom stereocenters. The Morgan fingerprint density at radius 3 is 2.20 bits per heavy atom. The van der Waals surface area contributed by atoms with Crippen molar-refractivity contribution in [3.05, 3.63) is 42.5 Å². The first-order valence-electron chi connectivity index (χ1n) is 7.07. The van der Waals surface area contributed by atoms with Gasteiger partial charge < -0.3 is 4.90 Å². The SMILES string of the molecule is CCCN(CCC)c1ccc(/C=N\n2cnnc2)cc1. The molecule has 0 radical (unpaired) electrons. The van der Waals surface area contributed by atoms with E-state index in [1.165, 1.54) is 5.69 Å². The standard InChI is InChI=1S/C15H21N5/c1-3-9-19(10-4-2)15-7-5-14(6-8-15)11-18-20-12-16-17-13-20/h5-8,11-13H,3-4,9-10H2,1-2H3/b18-11-. The van der Waals surface area contributed by atoms with Gasteiger partial charge in [-0.2, -0.15) is 5.10 Å². The van der Waals surface area contributed by atoms with Crippen LogP contribution < -0.4 is 4.90 Å². The largest absolute Gasteiger partial charge is 0.372 e. The highest BCUT2D eigenvalue weighted by molar-refractivity contribution is 5.80. The fourth-order valence-electron chi connectivity index (χ4n) is 2.07. The quantitative estimate of drug-likeness (QED) is 0.727. The zero-order valence-corrected chi connectivity index (χ0v) is 12.1. The number of hydrogen-bond donors (Lipinski definition) is 0. The van der Waals surface area contributed by atoms with E-state index >= 15 is 0 Å². The molecule has 0 fully saturated rings. The van der Waals surface area contributed by atoms with Gasteiger partial charge in [0.25, 0.3) is 0 Å². The molecule has 2 aromatic rings. The molecular formula is C15H21N5. The Labute approximate surface area is 119 Å². The lowest BCUT2D eigenvalue weighted by Crippen LogP contribution is -2.24. The van der Waals surface area contributed by atoms with Gasteiger partial charge in [-0.15, -0.1) is 10.2 Å². The van der Waals surface area contributed by atoms with E-state index in [1.807, 2.05) is 0 Å². The molecule has 0 spiro atoms. The fraction of sp³-hybridized carbons (Fsp3) is 0.400. The van der Waals surface area contributed by atoms with E-state index < -0.39 is 0 Å². The number of aromatic nitrogens is 3. The van der Waals surface area contributed by atoms with Crippen LogP contribution in [0.3, 0.4) is 0 Å². The summed E-state index contributed by atoms with van der Waals surface area (Å²) >= 11 is 0. The van der Waals surface area contributed by atoms with E-state index in [4.69, 9.17) is 0 Å². The van der Waals surface area contributed by atoms with Crippen molar-refractivity contribution in [2.75, 3.05) is 18.0 Å². The summed E-state index contributed by atoms with van der Waals surface area (Å²) in [4.78, 5) is 2.42. The van der Waals surface area contributed by atoms with Gasteiger partial charge in [-0.1, -0.05) is 26.0 Å². The molecule has 5 nitrogen and oxygen atoms in total. The van der Waals surface area contributed by atoms with Gasteiger partial charge in [-0.25, -0.2) is 4.68 Å². The van der Waals surface area contributed by atoms with Crippen LogP contribution >= 0.6 is 0 Å². The van der Waals surface area contributed by atoms with E-state index in [0.717, 1.165) is 31.5 Å². The van der Waals surface area contributed by atoms with Crippen molar-refractivity contribution in [1.29, 1.82) is 0 Å². The first-order chi connectivity index (χ1) is 9.83. The van der Waals surface area contributed by atoms with Crippen molar-refractivity contribution >= 4 is 11.9 Å². The molecule has 106 valence electrons. The third kappa shape index (κ3) is 3.91. The fourth-order valence-corrected chi connectivity index (χ4v) is 2.07. The third-order valence-corrected chi connectivity index (χ3v) is 2.99. The molecule has 1 aromatic carbocycles. The lowest BCUT2D eigenvalue weighted by Gasteiger charge is -2.23. The van der Waals surface area contributed by atoms with Crippen LogP contribution in [0.4, 0.5) is 5.69 Å². The Morgan fingerprint density at radius 1 is 1.05 bits per heavy atom. The Bertz CT molecular complexity index is 510. The Hall–Kier alpha value is -2.17. The van der Waals surface area contributed by atoms with Crippen LogP contribution in [0.25, 0.3) is 0 Å². The summed E-state index contributed by atoms with van der Waals surface area (Å²) in [5, 5.41) is 11.6. The van der Waals surface area contributed by atoms with Gasteiger partial charge in [0.15, 0.2) is 0 Å². The molecule has 0 aliphatic rings. The maximum Gasteiger partial charge on any atom is 0.141 e. The number of hydrogen-bond acceptors (Lipinski definition) is 4. The van der Waals surface area contributed by atoms with E-state index in [2.05, 4.69) is 58.3 Å². The molecule has 1 aromatic heterocycles. The van der Waals surface area contributed by atoms with E-state index in [-0.39, 0.29) is 0 Å². The molecule has 0 N–H and O–H groups in total. The van der Waals surface area contributed by atoms with Gasteiger partial charge in [0.1, 0.15) is 12.7 Å². The van der Waals surface area contributed by atoms with Gasteiger partial charge in [0, 0.05) is 18.8 Å². The lowest BCUT2D eigenvalue weighted by atomic mass is 10.2. The number of nitrogens with zero attached hydrogens (tertiary/aromatic N) is 5. The molecule has 0 aliphatic carbocycles. The van der Waals surface area contributed by atoms with Crippen LogP contribution in [-0.2, 0) is 0 Å². The number of anilines is 1. The van der Waals surface area contributed by atoms with Crippen LogP contribution in [0, 0.1) is 0 Å². The topological polar surface area (TPSA) is 46.3 Å². The number of rotatable bonds is 7. The highest BCUT2D eigenvalue weighted by Gasteiger charge is 2.03. The first kappa shape index (κ1) is 14.2. The van der Waals surface area contributed by atoms with Crippen LogP contribution in [0.15, 0.2) is 42.0 Å². The molecule has 1 heterocycles. The summed E-state index contributed by atoms with van der Waals surface area (Å²) in [6.07, 6.45) is 7.26. The molecule has 0 bridgehead atoms. The van der Waals surface area contributed by atoms with Gasteiger partial charge >= 0.3 is 0 Å². The van der Waals surface area contributed by atoms with Crippen molar-refractivity contribution in [1.82, 2.24) is 14.9 Å². The highest BCUT2D eigenvalue weighted by atomic mass is 15.4. The Balaban J connectivity index is 2.05. The van der Waals surface area contributed by atoms with Crippen LogP contribution in [0.2, 0.25) is 0 Å².